The predicted molar refractivity (Wildman–Crippen MR) is 111 cm³/mol. The number of fused-ring (bicyclic) bond motifs is 3. The largest absolute Gasteiger partial charge is 0.358 e. The Balaban J connectivity index is 1.79. The van der Waals surface area contributed by atoms with E-state index in [-0.39, 0.29) is 22.9 Å². The van der Waals surface area contributed by atoms with Crippen molar-refractivity contribution in [3.8, 4) is 0 Å². The number of nitrogens with one attached hydrogen (secondary N) is 1. The van der Waals surface area contributed by atoms with Crippen molar-refractivity contribution in [1.82, 2.24) is 0 Å². The molecular formula is C25H22FNO. The summed E-state index contributed by atoms with van der Waals surface area (Å²) in [5.41, 5.74) is 4.89. The first kappa shape index (κ1) is 17.2. The second kappa shape index (κ2) is 6.03. The van der Waals surface area contributed by atoms with Gasteiger partial charge in [0.15, 0.2) is 5.78 Å². The lowest BCUT2D eigenvalue weighted by atomic mass is 9.68. The molecule has 2 nitrogen and oxygen atoms in total. The first-order chi connectivity index (χ1) is 13.4. The number of rotatable bonds is 1. The summed E-state index contributed by atoms with van der Waals surface area (Å²) in [7, 11) is 0. The maximum Gasteiger partial charge on any atom is 0.162 e. The number of hydrogen-bond donors (Lipinski definition) is 1. The predicted octanol–water partition coefficient (Wildman–Crippen LogP) is 6.18. The van der Waals surface area contributed by atoms with Gasteiger partial charge in [-0.05, 0) is 40.5 Å². The number of benzene rings is 3. The van der Waals surface area contributed by atoms with Gasteiger partial charge in [-0.2, -0.15) is 0 Å². The van der Waals surface area contributed by atoms with E-state index >= 15 is 0 Å². The van der Waals surface area contributed by atoms with Gasteiger partial charge in [0.2, 0.25) is 0 Å². The van der Waals surface area contributed by atoms with Gasteiger partial charge in [0, 0.05) is 29.0 Å². The Morgan fingerprint density at radius 2 is 1.71 bits per heavy atom. The van der Waals surface area contributed by atoms with E-state index in [0.717, 1.165) is 45.3 Å². The van der Waals surface area contributed by atoms with Crippen LogP contribution < -0.4 is 5.32 Å². The van der Waals surface area contributed by atoms with Crippen LogP contribution in [0.3, 0.4) is 0 Å². The first-order valence-electron chi connectivity index (χ1n) is 9.73. The topological polar surface area (TPSA) is 29.1 Å². The highest BCUT2D eigenvalue weighted by molar-refractivity contribution is 6.05. The Bertz CT molecular complexity index is 1140. The Morgan fingerprint density at radius 1 is 0.964 bits per heavy atom. The number of hydrogen-bond acceptors (Lipinski definition) is 2. The Morgan fingerprint density at radius 3 is 2.50 bits per heavy atom. The first-order valence-corrected chi connectivity index (χ1v) is 9.73. The molecule has 28 heavy (non-hydrogen) atoms. The Kier molecular flexibility index (Phi) is 3.70. The number of Topliss-reactive ketones (excluding diaryl/α,β-unsaturated/α-hetero) is 1. The summed E-state index contributed by atoms with van der Waals surface area (Å²) in [6, 6.07) is 19.1. The maximum absolute atomic E-state index is 13.6. The molecular weight excluding hydrogens is 349 g/mol. The summed E-state index contributed by atoms with van der Waals surface area (Å²) in [6.07, 6.45) is 1.36. The van der Waals surface area contributed by atoms with Crippen LogP contribution in [-0.2, 0) is 4.79 Å². The van der Waals surface area contributed by atoms with Crippen molar-refractivity contribution in [2.45, 2.75) is 32.6 Å². The molecule has 3 aromatic carbocycles. The molecule has 0 spiro atoms. The highest BCUT2D eigenvalue weighted by Crippen LogP contribution is 2.50. The maximum atomic E-state index is 13.6. The van der Waals surface area contributed by atoms with Crippen molar-refractivity contribution < 1.29 is 9.18 Å². The van der Waals surface area contributed by atoms with Crippen LogP contribution in [0, 0.1) is 11.2 Å². The minimum Gasteiger partial charge on any atom is -0.358 e. The third-order valence-corrected chi connectivity index (χ3v) is 5.96. The molecule has 3 aromatic rings. The van der Waals surface area contributed by atoms with E-state index in [1.165, 1.54) is 12.1 Å². The second-order valence-electron chi connectivity index (χ2n) is 8.69. The number of ketones is 1. The van der Waals surface area contributed by atoms with E-state index in [4.69, 9.17) is 0 Å². The molecule has 0 bridgehead atoms. The van der Waals surface area contributed by atoms with E-state index in [1.54, 1.807) is 0 Å². The van der Waals surface area contributed by atoms with Crippen molar-refractivity contribution in [1.29, 1.82) is 0 Å². The summed E-state index contributed by atoms with van der Waals surface area (Å²) in [5, 5.41) is 5.94. The van der Waals surface area contributed by atoms with Crippen molar-refractivity contribution in [3.63, 3.8) is 0 Å². The average Bonchev–Trinajstić information content (AvgIpc) is 2.66. The zero-order valence-corrected chi connectivity index (χ0v) is 16.1. The minimum absolute atomic E-state index is 0.0711. The number of carbonyl (C=O) groups excluding carboxylic acids is 1. The monoisotopic (exact) mass is 371 g/mol. The number of halogens is 1. The van der Waals surface area contributed by atoms with E-state index in [2.05, 4.69) is 43.4 Å². The number of allylic oxidation sites excluding steroid dienone is 2. The molecule has 1 aliphatic heterocycles. The van der Waals surface area contributed by atoms with Crippen molar-refractivity contribution in [2.75, 3.05) is 5.32 Å². The number of carbonyl (C=O) groups is 1. The SMILES string of the molecule is CC1(C)CC(=O)C2=C(C1)Nc1c(ccc3ccccc13)[C@H]2c1ccc(F)cc1. The highest BCUT2D eigenvalue weighted by Gasteiger charge is 2.40. The van der Waals surface area contributed by atoms with Gasteiger partial charge in [-0.1, -0.05) is 62.4 Å². The van der Waals surface area contributed by atoms with Gasteiger partial charge in [-0.15, -0.1) is 0 Å². The fourth-order valence-electron chi connectivity index (χ4n) is 4.76. The van der Waals surface area contributed by atoms with Gasteiger partial charge in [0.05, 0.1) is 5.69 Å². The molecule has 0 amide bonds. The van der Waals surface area contributed by atoms with Crippen LogP contribution in [0.2, 0.25) is 0 Å². The van der Waals surface area contributed by atoms with Gasteiger partial charge >= 0.3 is 0 Å². The fraction of sp³-hybridized carbons (Fsp3) is 0.240. The lowest BCUT2D eigenvalue weighted by molar-refractivity contribution is -0.118. The van der Waals surface area contributed by atoms with Crippen molar-refractivity contribution in [3.05, 3.63) is 88.9 Å². The van der Waals surface area contributed by atoms with Gasteiger partial charge in [-0.3, -0.25) is 4.79 Å². The summed E-state index contributed by atoms with van der Waals surface area (Å²) in [5.74, 6) is -0.242. The summed E-state index contributed by atoms with van der Waals surface area (Å²) >= 11 is 0. The molecule has 1 heterocycles. The molecule has 5 rings (SSSR count). The third kappa shape index (κ3) is 2.65. The zero-order valence-electron chi connectivity index (χ0n) is 16.1. The van der Waals surface area contributed by atoms with Crippen LogP contribution in [0.4, 0.5) is 10.1 Å². The molecule has 0 saturated carbocycles. The molecule has 0 radical (unpaired) electrons. The smallest absolute Gasteiger partial charge is 0.162 e. The minimum atomic E-state index is -0.262. The van der Waals surface area contributed by atoms with Crippen LogP contribution in [0.1, 0.15) is 43.7 Å². The lowest BCUT2D eigenvalue weighted by Crippen LogP contribution is -2.33. The second-order valence-corrected chi connectivity index (χ2v) is 8.69. The zero-order chi connectivity index (χ0) is 19.5. The van der Waals surface area contributed by atoms with Crippen LogP contribution in [-0.4, -0.2) is 5.78 Å². The fourth-order valence-corrected chi connectivity index (χ4v) is 4.76. The van der Waals surface area contributed by atoms with Crippen LogP contribution in [0.15, 0.2) is 71.9 Å². The molecule has 0 saturated heterocycles. The molecule has 1 aliphatic carbocycles. The third-order valence-electron chi connectivity index (χ3n) is 5.96. The molecule has 1 N–H and O–H groups in total. The Labute approximate surface area is 164 Å². The normalized spacial score (nSPS) is 20.5. The van der Waals surface area contributed by atoms with Gasteiger partial charge in [-0.25, -0.2) is 4.39 Å². The molecule has 0 aromatic heterocycles. The standard InChI is InChI=1S/C25H22FNO/c1-25(2)13-20-23(21(28)14-25)22(16-7-10-17(26)11-8-16)19-12-9-15-5-3-4-6-18(15)24(19)27-20/h3-12,22,27H,13-14H2,1-2H3/t22-/m1/s1. The van der Waals surface area contributed by atoms with Crippen molar-refractivity contribution >= 4 is 22.2 Å². The molecule has 3 heteroatoms. The van der Waals surface area contributed by atoms with E-state index < -0.39 is 0 Å². The van der Waals surface area contributed by atoms with Crippen LogP contribution in [0.25, 0.3) is 10.8 Å². The van der Waals surface area contributed by atoms with E-state index in [1.807, 2.05) is 24.3 Å². The highest BCUT2D eigenvalue weighted by atomic mass is 19.1. The quantitative estimate of drug-likeness (QED) is 0.553. The molecule has 0 unspecified atom stereocenters. The summed E-state index contributed by atoms with van der Waals surface area (Å²) in [4.78, 5) is 13.2. The lowest BCUT2D eigenvalue weighted by Gasteiger charge is -2.40. The van der Waals surface area contributed by atoms with Gasteiger partial charge < -0.3 is 5.32 Å². The van der Waals surface area contributed by atoms with Gasteiger partial charge in [0.1, 0.15) is 5.82 Å². The van der Waals surface area contributed by atoms with Crippen LogP contribution >= 0.6 is 0 Å². The molecule has 140 valence electrons. The van der Waals surface area contributed by atoms with Gasteiger partial charge in [0.25, 0.3) is 0 Å². The number of anilines is 1. The van der Waals surface area contributed by atoms with Crippen LogP contribution in [0.5, 0.6) is 0 Å². The molecule has 1 atom stereocenters. The van der Waals surface area contributed by atoms with E-state index in [0.29, 0.717) is 6.42 Å². The summed E-state index contributed by atoms with van der Waals surface area (Å²) in [6.45, 7) is 4.28. The molecule has 0 fully saturated rings. The van der Waals surface area contributed by atoms with E-state index in [9.17, 15) is 9.18 Å². The average molecular weight is 371 g/mol. The molecule has 2 aliphatic rings. The Hall–Kier alpha value is -2.94. The summed E-state index contributed by atoms with van der Waals surface area (Å²) < 4.78 is 13.6. The van der Waals surface area contributed by atoms with Crippen molar-refractivity contribution in [2.24, 2.45) is 5.41 Å².